The molecule has 7 nitrogen and oxygen atoms in total. The van der Waals surface area contributed by atoms with Crippen LogP contribution >= 0.6 is 23.1 Å². The van der Waals surface area contributed by atoms with Gasteiger partial charge in [0.05, 0.1) is 23.9 Å². The molecule has 32 heavy (non-hydrogen) atoms. The summed E-state index contributed by atoms with van der Waals surface area (Å²) in [5.41, 5.74) is 2.27. The van der Waals surface area contributed by atoms with Crippen LogP contribution in [0.15, 0.2) is 53.9 Å². The Morgan fingerprint density at radius 3 is 2.38 bits per heavy atom. The van der Waals surface area contributed by atoms with E-state index in [1.165, 1.54) is 11.3 Å². The number of nitrogens with zero attached hydrogens (tertiary/aromatic N) is 2. The molecule has 0 unspecified atom stereocenters. The summed E-state index contributed by atoms with van der Waals surface area (Å²) in [6.45, 7) is 0. The van der Waals surface area contributed by atoms with Crippen molar-refractivity contribution in [1.29, 1.82) is 0 Å². The first-order chi connectivity index (χ1) is 15.5. The minimum Gasteiger partial charge on any atom is -0.497 e. The number of thiazole rings is 1. The monoisotopic (exact) mass is 467 g/mol. The van der Waals surface area contributed by atoms with Gasteiger partial charge in [0.1, 0.15) is 11.8 Å². The van der Waals surface area contributed by atoms with Gasteiger partial charge < -0.3 is 10.1 Å². The molecule has 1 aliphatic rings. The first-order valence-corrected chi connectivity index (χ1v) is 12.2. The number of anilines is 1. The number of hydrogen-bond acceptors (Lipinski definition) is 7. The van der Waals surface area contributed by atoms with E-state index >= 15 is 0 Å². The molecule has 2 aromatic carbocycles. The van der Waals surface area contributed by atoms with Crippen molar-refractivity contribution < 1.29 is 19.1 Å². The zero-order chi connectivity index (χ0) is 22.7. The lowest BCUT2D eigenvalue weighted by Gasteiger charge is -2.24. The number of rotatable bonds is 8. The van der Waals surface area contributed by atoms with Crippen LogP contribution in [0.2, 0.25) is 0 Å². The molecule has 0 aliphatic carbocycles. The summed E-state index contributed by atoms with van der Waals surface area (Å²) in [4.78, 5) is 44.5. The standard InChI is InChI=1S/C23H21N3O4S2/c1-30-15-9-7-14(8-10-15)18-13-32-23(24-18)25-20(27)19(11-12-31-2)26-21(28)16-5-3-4-6-17(16)22(26)29/h3-10,13,19H,11-12H2,1-2H3,(H,24,25,27)/t19-/m0/s1. The highest BCUT2D eigenvalue weighted by Crippen LogP contribution is 2.29. The second-order valence-corrected chi connectivity index (χ2v) is 8.92. The molecule has 3 amide bonds. The van der Waals surface area contributed by atoms with Crippen molar-refractivity contribution >= 4 is 46.0 Å². The van der Waals surface area contributed by atoms with Gasteiger partial charge in [-0.05, 0) is 54.8 Å². The van der Waals surface area contributed by atoms with Gasteiger partial charge in [-0.3, -0.25) is 19.3 Å². The van der Waals surface area contributed by atoms with Crippen LogP contribution in [0.3, 0.4) is 0 Å². The van der Waals surface area contributed by atoms with Crippen LogP contribution in [0.1, 0.15) is 27.1 Å². The second-order valence-electron chi connectivity index (χ2n) is 7.08. The first-order valence-electron chi connectivity index (χ1n) is 9.90. The number of ether oxygens (including phenoxy) is 1. The number of methoxy groups -OCH3 is 1. The summed E-state index contributed by atoms with van der Waals surface area (Å²) >= 11 is 2.84. The zero-order valence-corrected chi connectivity index (χ0v) is 19.2. The Labute approximate surface area is 193 Å². The molecule has 4 rings (SSSR count). The highest BCUT2D eigenvalue weighted by Gasteiger charge is 2.42. The molecule has 0 saturated carbocycles. The maximum atomic E-state index is 13.2. The molecule has 0 radical (unpaired) electrons. The number of imide groups is 1. The average molecular weight is 468 g/mol. The molecule has 0 saturated heterocycles. The number of benzene rings is 2. The van der Waals surface area contributed by atoms with Crippen molar-refractivity contribution in [3.8, 4) is 17.0 Å². The van der Waals surface area contributed by atoms with E-state index in [-0.39, 0.29) is 0 Å². The summed E-state index contributed by atoms with van der Waals surface area (Å²) in [6.07, 6.45) is 2.27. The van der Waals surface area contributed by atoms with Gasteiger partial charge in [-0.1, -0.05) is 12.1 Å². The van der Waals surface area contributed by atoms with Crippen molar-refractivity contribution in [2.24, 2.45) is 0 Å². The van der Waals surface area contributed by atoms with Gasteiger partial charge in [0, 0.05) is 10.9 Å². The average Bonchev–Trinajstić information content (AvgIpc) is 3.38. The Morgan fingerprint density at radius 2 is 1.78 bits per heavy atom. The third-order valence-corrected chi connectivity index (χ3v) is 6.56. The smallest absolute Gasteiger partial charge is 0.262 e. The lowest BCUT2D eigenvalue weighted by atomic mass is 10.1. The van der Waals surface area contributed by atoms with Crippen molar-refractivity contribution in [2.45, 2.75) is 12.5 Å². The van der Waals surface area contributed by atoms with Crippen LogP contribution in [0.5, 0.6) is 5.75 Å². The molecule has 1 aromatic heterocycles. The van der Waals surface area contributed by atoms with Crippen LogP contribution in [0, 0.1) is 0 Å². The Hall–Kier alpha value is -3.17. The number of aromatic nitrogens is 1. The highest BCUT2D eigenvalue weighted by molar-refractivity contribution is 7.98. The lowest BCUT2D eigenvalue weighted by Crippen LogP contribution is -2.47. The maximum Gasteiger partial charge on any atom is 0.262 e. The number of thioether (sulfide) groups is 1. The van der Waals surface area contributed by atoms with Gasteiger partial charge in [-0.2, -0.15) is 11.8 Å². The fourth-order valence-corrected chi connectivity index (χ4v) is 4.69. The molecule has 3 aromatic rings. The van der Waals surface area contributed by atoms with Gasteiger partial charge >= 0.3 is 0 Å². The number of amides is 3. The van der Waals surface area contributed by atoms with Crippen LogP contribution < -0.4 is 10.1 Å². The molecule has 9 heteroatoms. The van der Waals surface area contributed by atoms with E-state index in [0.717, 1.165) is 16.2 Å². The van der Waals surface area contributed by atoms with Crippen molar-refractivity contribution in [3.63, 3.8) is 0 Å². The van der Waals surface area contributed by atoms with Crippen molar-refractivity contribution in [3.05, 3.63) is 65.0 Å². The van der Waals surface area contributed by atoms with E-state index in [1.807, 2.05) is 35.9 Å². The highest BCUT2D eigenvalue weighted by atomic mass is 32.2. The molecule has 0 fully saturated rings. The minimum atomic E-state index is -0.914. The molecule has 0 spiro atoms. The van der Waals surface area contributed by atoms with Crippen molar-refractivity contribution in [2.75, 3.05) is 24.4 Å². The summed E-state index contributed by atoms with van der Waals surface area (Å²) in [6, 6.07) is 13.2. The zero-order valence-electron chi connectivity index (χ0n) is 17.5. The fourth-order valence-electron chi connectivity index (χ4n) is 3.51. The molecule has 2 heterocycles. The number of carbonyl (C=O) groups is 3. The summed E-state index contributed by atoms with van der Waals surface area (Å²) in [5.74, 6) is 0.0644. The van der Waals surface area contributed by atoms with Crippen LogP contribution in [0.25, 0.3) is 11.3 Å². The Balaban J connectivity index is 1.54. The molecule has 1 N–H and O–H groups in total. The second kappa shape index (κ2) is 9.54. The van der Waals surface area contributed by atoms with E-state index in [0.29, 0.717) is 34.1 Å². The number of fused-ring (bicyclic) bond motifs is 1. The van der Waals surface area contributed by atoms with Gasteiger partial charge in [-0.25, -0.2) is 4.98 Å². The van der Waals surface area contributed by atoms with Crippen LogP contribution in [-0.4, -0.2) is 52.8 Å². The summed E-state index contributed by atoms with van der Waals surface area (Å²) in [7, 11) is 1.60. The molecule has 164 valence electrons. The number of carbonyl (C=O) groups excluding carboxylic acids is 3. The molecule has 1 atom stereocenters. The first kappa shape index (κ1) is 22.0. The predicted octanol–water partition coefficient (Wildman–Crippen LogP) is 4.18. The SMILES string of the molecule is COc1ccc(-c2csc(NC(=O)[C@H](CCSC)N3C(=O)c4ccccc4C3=O)n2)cc1. The molecule has 1 aliphatic heterocycles. The number of hydrogen-bond donors (Lipinski definition) is 1. The molecule has 0 bridgehead atoms. The molecular formula is C23H21N3O4S2. The third-order valence-electron chi connectivity index (χ3n) is 5.16. The topological polar surface area (TPSA) is 88.6 Å². The number of nitrogens with one attached hydrogen (secondary N) is 1. The summed E-state index contributed by atoms with van der Waals surface area (Å²) in [5, 5.41) is 5.05. The van der Waals surface area contributed by atoms with Crippen LogP contribution in [0.4, 0.5) is 5.13 Å². The van der Waals surface area contributed by atoms with Gasteiger partial charge in [0.15, 0.2) is 5.13 Å². The Bertz CT molecular complexity index is 1130. The normalized spacial score (nSPS) is 13.8. The molecular weight excluding hydrogens is 446 g/mol. The largest absolute Gasteiger partial charge is 0.497 e. The predicted molar refractivity (Wildman–Crippen MR) is 126 cm³/mol. The van der Waals surface area contributed by atoms with E-state index in [1.54, 1.807) is 43.1 Å². The Morgan fingerprint density at radius 1 is 1.12 bits per heavy atom. The quantitative estimate of drug-likeness (QED) is 0.500. The van der Waals surface area contributed by atoms with Gasteiger partial charge in [0.25, 0.3) is 11.8 Å². The van der Waals surface area contributed by atoms with Gasteiger partial charge in [-0.15, -0.1) is 11.3 Å². The minimum absolute atomic E-state index is 0.329. The van der Waals surface area contributed by atoms with Crippen LogP contribution in [-0.2, 0) is 4.79 Å². The summed E-state index contributed by atoms with van der Waals surface area (Å²) < 4.78 is 5.17. The van der Waals surface area contributed by atoms with Crippen molar-refractivity contribution in [1.82, 2.24) is 9.88 Å². The van der Waals surface area contributed by atoms with E-state index < -0.39 is 23.8 Å². The lowest BCUT2D eigenvalue weighted by molar-refractivity contribution is -0.120. The van der Waals surface area contributed by atoms with E-state index in [4.69, 9.17) is 4.74 Å². The third kappa shape index (κ3) is 4.26. The van der Waals surface area contributed by atoms with E-state index in [9.17, 15) is 14.4 Å². The fraction of sp³-hybridized carbons (Fsp3) is 0.217. The van der Waals surface area contributed by atoms with Gasteiger partial charge in [0.2, 0.25) is 5.91 Å². The maximum absolute atomic E-state index is 13.2. The van der Waals surface area contributed by atoms with E-state index in [2.05, 4.69) is 10.3 Å². The Kier molecular flexibility index (Phi) is 6.57.